The number of nitrogens with two attached hydrogens (primary N) is 1. The molecule has 0 bridgehead atoms. The number of carbonyl (C=O) groups excluding carboxylic acids is 5. The molecule has 0 aromatic heterocycles. The van der Waals surface area contributed by atoms with Crippen LogP contribution in [0.4, 0.5) is 4.39 Å². The number of likely N-dealkylation sites (tertiary alicyclic amines) is 1. The Bertz CT molecular complexity index is 1320. The molecule has 10 nitrogen and oxygen atoms in total. The molecule has 1 aliphatic heterocycles. The molecule has 1 amide bonds. The highest BCUT2D eigenvalue weighted by Crippen LogP contribution is 2.51. The molecule has 1 saturated heterocycles. The van der Waals surface area contributed by atoms with Gasteiger partial charge in [0.2, 0.25) is 5.91 Å². The van der Waals surface area contributed by atoms with Crippen LogP contribution in [-0.4, -0.2) is 87.9 Å². The first-order valence-corrected chi connectivity index (χ1v) is 14.4. The lowest BCUT2D eigenvalue weighted by Crippen LogP contribution is -2.74. The highest BCUT2D eigenvalue weighted by Gasteiger charge is 2.69. The van der Waals surface area contributed by atoms with Gasteiger partial charge in [-0.1, -0.05) is 19.8 Å². The van der Waals surface area contributed by atoms with Crippen molar-refractivity contribution in [3.05, 3.63) is 28.6 Å². The second-order valence-corrected chi connectivity index (χ2v) is 12.5. The zero-order valence-corrected chi connectivity index (χ0v) is 23.7. The van der Waals surface area contributed by atoms with Crippen LogP contribution >= 0.6 is 0 Å². The molecule has 2 unspecified atom stereocenters. The quantitative estimate of drug-likeness (QED) is 0.424. The predicted molar refractivity (Wildman–Crippen MR) is 144 cm³/mol. The van der Waals surface area contributed by atoms with Crippen LogP contribution in [0.25, 0.3) is 0 Å². The van der Waals surface area contributed by atoms with Crippen LogP contribution in [0.3, 0.4) is 0 Å². The van der Waals surface area contributed by atoms with Gasteiger partial charge in [-0.25, -0.2) is 4.39 Å². The van der Waals surface area contributed by atoms with Crippen LogP contribution in [0.2, 0.25) is 0 Å². The first-order chi connectivity index (χ1) is 19.3. The van der Waals surface area contributed by atoms with Gasteiger partial charge in [0.1, 0.15) is 11.6 Å². The first kappa shape index (κ1) is 29.5. The number of amides is 1. The van der Waals surface area contributed by atoms with Gasteiger partial charge in [-0.15, -0.1) is 0 Å². The molecule has 2 saturated carbocycles. The Labute approximate surface area is 238 Å². The lowest BCUT2D eigenvalue weighted by Gasteiger charge is -2.52. The van der Waals surface area contributed by atoms with E-state index in [-0.39, 0.29) is 36.1 Å². The fourth-order valence-electron chi connectivity index (χ4n) is 7.91. The van der Waals surface area contributed by atoms with E-state index in [1.54, 1.807) is 0 Å². The largest absolute Gasteiger partial charge is 0.507 e. The Balaban J connectivity index is 1.49. The number of ketones is 4. The minimum atomic E-state index is -2.80. The van der Waals surface area contributed by atoms with Crippen LogP contribution in [0.5, 0.6) is 5.75 Å². The average molecular weight is 572 g/mol. The van der Waals surface area contributed by atoms with Crippen molar-refractivity contribution in [1.82, 2.24) is 9.80 Å². The number of aliphatic hydroxyl groups is 1. The number of benzene rings is 1. The standard InChI is InChI=1S/C30H38FN3O7/c1-4-5-14-6-8-34(9-7-14)13-16-12-19(35)21-17(23(16)31)10-15-11-18-24(33(2)3)26(37)22(29(32)40)28(39)30(18,41)27(38)20(15)25(21)36/h12,14-15,18,20,22,24,35,41H,4-11,13H2,1-3H3,(H2,32,40)/t15-,18-,20?,22?,24-,30-/m0/s1. The summed E-state index contributed by atoms with van der Waals surface area (Å²) in [6, 6.07) is 0.0298. The van der Waals surface area contributed by atoms with E-state index in [1.807, 2.05) is 0 Å². The van der Waals surface area contributed by atoms with Gasteiger partial charge in [-0.3, -0.25) is 33.8 Å². The number of nitrogens with zero attached hydrogens (tertiary/aromatic N) is 2. The number of primary amides is 1. The molecule has 6 atom stereocenters. The molecule has 0 spiro atoms. The summed E-state index contributed by atoms with van der Waals surface area (Å²) in [6.07, 6.45) is 4.12. The molecule has 1 aromatic carbocycles. The van der Waals surface area contributed by atoms with Crippen molar-refractivity contribution in [3.8, 4) is 5.75 Å². The molecule has 0 radical (unpaired) electrons. The normalized spacial score (nSPS) is 32.6. The van der Waals surface area contributed by atoms with E-state index in [4.69, 9.17) is 5.73 Å². The highest BCUT2D eigenvalue weighted by molar-refractivity contribution is 6.32. The van der Waals surface area contributed by atoms with Crippen LogP contribution in [0.1, 0.15) is 60.5 Å². The number of carbonyl (C=O) groups is 5. The SMILES string of the molecule is CCCC1CCN(Cc2cc(O)c3c(c2F)C[C@H]2C[C@H]4[C@H](N(C)C)C(=O)C(C(N)=O)C(=O)[C@@]4(O)C(=O)C2C3=O)CC1. The van der Waals surface area contributed by atoms with Gasteiger partial charge in [-0.05, 0) is 70.8 Å². The number of fused-ring (bicyclic) bond motifs is 3. The number of rotatable bonds is 6. The maximum Gasteiger partial charge on any atom is 0.235 e. The lowest BCUT2D eigenvalue weighted by atomic mass is 9.52. The summed E-state index contributed by atoms with van der Waals surface area (Å²) in [5.74, 6) is -11.5. The molecule has 222 valence electrons. The van der Waals surface area contributed by atoms with Gasteiger partial charge >= 0.3 is 0 Å². The summed E-state index contributed by atoms with van der Waals surface area (Å²) >= 11 is 0. The predicted octanol–water partition coefficient (Wildman–Crippen LogP) is 1.02. The van der Waals surface area contributed by atoms with Gasteiger partial charge in [0, 0.05) is 23.6 Å². The summed E-state index contributed by atoms with van der Waals surface area (Å²) in [5, 5.41) is 22.5. The number of halogens is 1. The summed E-state index contributed by atoms with van der Waals surface area (Å²) in [5.41, 5.74) is 2.49. The van der Waals surface area contributed by atoms with E-state index in [9.17, 15) is 34.2 Å². The molecule has 41 heavy (non-hydrogen) atoms. The van der Waals surface area contributed by atoms with Crippen molar-refractivity contribution in [2.75, 3.05) is 27.2 Å². The Morgan fingerprint density at radius 1 is 1.17 bits per heavy atom. The molecule has 4 N–H and O–H groups in total. The zero-order chi connectivity index (χ0) is 30.0. The summed E-state index contributed by atoms with van der Waals surface area (Å²) in [7, 11) is 3.04. The maximum atomic E-state index is 16.0. The molecular formula is C30H38FN3O7. The van der Waals surface area contributed by atoms with Crippen LogP contribution < -0.4 is 5.73 Å². The second-order valence-electron chi connectivity index (χ2n) is 12.5. The Morgan fingerprint density at radius 2 is 1.83 bits per heavy atom. The van der Waals surface area contributed by atoms with Crippen molar-refractivity contribution in [3.63, 3.8) is 0 Å². The Kier molecular flexibility index (Phi) is 7.67. The van der Waals surface area contributed by atoms with Crippen molar-refractivity contribution in [2.45, 2.75) is 63.6 Å². The van der Waals surface area contributed by atoms with Crippen molar-refractivity contribution >= 4 is 29.0 Å². The van der Waals surface area contributed by atoms with Crippen LogP contribution in [0.15, 0.2) is 6.07 Å². The van der Waals surface area contributed by atoms with E-state index < -0.39 is 75.9 Å². The number of likely N-dealkylation sites (N-methyl/N-ethyl adjacent to an activating group) is 1. The molecule has 11 heteroatoms. The highest BCUT2D eigenvalue weighted by atomic mass is 19.1. The molecular weight excluding hydrogens is 533 g/mol. The number of hydrogen-bond acceptors (Lipinski definition) is 9. The minimum Gasteiger partial charge on any atom is -0.507 e. The fraction of sp³-hybridized carbons (Fsp3) is 0.633. The van der Waals surface area contributed by atoms with E-state index in [0.717, 1.165) is 38.8 Å². The fourth-order valence-corrected chi connectivity index (χ4v) is 7.91. The first-order valence-electron chi connectivity index (χ1n) is 14.4. The van der Waals surface area contributed by atoms with E-state index in [0.29, 0.717) is 5.92 Å². The molecule has 3 aliphatic carbocycles. The lowest BCUT2D eigenvalue weighted by molar-refractivity contribution is -0.181. The third-order valence-corrected chi connectivity index (χ3v) is 9.87. The molecule has 1 heterocycles. The van der Waals surface area contributed by atoms with E-state index >= 15 is 4.39 Å². The molecule has 3 fully saturated rings. The maximum absolute atomic E-state index is 16.0. The number of phenolic OH excluding ortho intramolecular Hbond substituents is 1. The van der Waals surface area contributed by atoms with Crippen molar-refractivity contribution < 1.29 is 38.6 Å². The number of phenols is 1. The summed E-state index contributed by atoms with van der Waals surface area (Å²) in [4.78, 5) is 69.7. The average Bonchev–Trinajstić information content (AvgIpc) is 2.90. The Morgan fingerprint density at radius 3 is 2.41 bits per heavy atom. The van der Waals surface area contributed by atoms with Crippen LogP contribution in [0, 0.1) is 35.4 Å². The minimum absolute atomic E-state index is 0.00948. The third kappa shape index (κ3) is 4.53. The second kappa shape index (κ2) is 10.7. The van der Waals surface area contributed by atoms with E-state index in [1.165, 1.54) is 25.1 Å². The zero-order valence-electron chi connectivity index (χ0n) is 23.7. The third-order valence-electron chi connectivity index (χ3n) is 9.87. The summed E-state index contributed by atoms with van der Waals surface area (Å²) in [6.45, 7) is 4.04. The van der Waals surface area contributed by atoms with Crippen molar-refractivity contribution in [1.29, 1.82) is 0 Å². The van der Waals surface area contributed by atoms with Crippen molar-refractivity contribution in [2.24, 2.45) is 35.3 Å². The van der Waals surface area contributed by atoms with Crippen LogP contribution in [-0.2, 0) is 32.1 Å². The number of hydrogen-bond donors (Lipinski definition) is 3. The number of piperidine rings is 1. The van der Waals surface area contributed by atoms with Gasteiger partial charge < -0.3 is 15.9 Å². The Hall–Kier alpha value is -3.02. The van der Waals surface area contributed by atoms with Gasteiger partial charge in [0.25, 0.3) is 0 Å². The molecule has 1 aromatic rings. The number of aromatic hydroxyl groups is 1. The van der Waals surface area contributed by atoms with Gasteiger partial charge in [0.15, 0.2) is 34.7 Å². The summed E-state index contributed by atoms with van der Waals surface area (Å²) < 4.78 is 16.0. The smallest absolute Gasteiger partial charge is 0.235 e. The van der Waals surface area contributed by atoms with Gasteiger partial charge in [-0.2, -0.15) is 0 Å². The molecule has 5 rings (SSSR count). The monoisotopic (exact) mass is 571 g/mol. The van der Waals surface area contributed by atoms with Gasteiger partial charge in [0.05, 0.1) is 17.5 Å². The topological polar surface area (TPSA) is 158 Å². The number of Topliss-reactive ketones (excluding diaryl/α,β-unsaturated/α-hetero) is 4. The molecule has 4 aliphatic rings. The van der Waals surface area contributed by atoms with E-state index in [2.05, 4.69) is 11.8 Å².